The number of allylic oxidation sites excluding steroid dienone is 3. The Kier molecular flexibility index (Phi) is 12.7. The molecule has 7 nitrogen and oxygen atoms in total. The molecule has 0 radical (unpaired) electrons. The number of hydrogen-bond acceptors (Lipinski definition) is 5. The van der Waals surface area contributed by atoms with Gasteiger partial charge in [-0.3, -0.25) is 14.4 Å². The normalized spacial score (nSPS) is 20.9. The summed E-state index contributed by atoms with van der Waals surface area (Å²) < 4.78 is 129. The summed E-state index contributed by atoms with van der Waals surface area (Å²) in [6.45, 7) is 9.95. The summed E-state index contributed by atoms with van der Waals surface area (Å²) in [4.78, 5) is 42.4. The summed E-state index contributed by atoms with van der Waals surface area (Å²) in [7, 11) is 0. The maximum atomic E-state index is 17.1. The zero-order valence-electron chi connectivity index (χ0n) is 30.5. The highest BCUT2D eigenvalue weighted by Crippen LogP contribution is 2.58. The molecule has 2 aliphatic rings. The number of benzene rings is 1. The minimum absolute atomic E-state index is 0.0847. The van der Waals surface area contributed by atoms with Crippen LogP contribution in [0.1, 0.15) is 80.8 Å². The highest BCUT2D eigenvalue weighted by Gasteiger charge is 2.70. The van der Waals surface area contributed by atoms with Crippen molar-refractivity contribution in [2.75, 3.05) is 26.2 Å². The van der Waals surface area contributed by atoms with E-state index in [0.717, 1.165) is 25.6 Å². The van der Waals surface area contributed by atoms with Crippen molar-refractivity contribution < 1.29 is 49.4 Å². The van der Waals surface area contributed by atoms with Crippen LogP contribution in [0, 0.1) is 25.2 Å². The highest BCUT2D eigenvalue weighted by atomic mass is 19.4. The van der Waals surface area contributed by atoms with Crippen LogP contribution in [0.4, 0.5) is 35.1 Å². The Balaban J connectivity index is 1.90. The van der Waals surface area contributed by atoms with Gasteiger partial charge in [-0.05, 0) is 105 Å². The predicted molar refractivity (Wildman–Crippen MR) is 183 cm³/mol. The van der Waals surface area contributed by atoms with E-state index in [1.165, 1.54) is 6.92 Å². The predicted octanol–water partition coefficient (Wildman–Crippen LogP) is 7.98. The van der Waals surface area contributed by atoms with Crippen molar-refractivity contribution in [3.63, 3.8) is 0 Å². The summed E-state index contributed by atoms with van der Waals surface area (Å²) in [6, 6.07) is 0.643. The second-order valence-corrected chi connectivity index (χ2v) is 14.2. The molecular weight excluding hydrogens is 714 g/mol. The molecule has 1 saturated heterocycles. The minimum Gasteiger partial charge on any atom is -0.466 e. The van der Waals surface area contributed by atoms with E-state index in [2.05, 4.69) is 5.32 Å². The Morgan fingerprint density at radius 1 is 1.06 bits per heavy atom. The first-order chi connectivity index (χ1) is 24.6. The molecule has 1 aromatic carbocycles. The largest absolute Gasteiger partial charge is 0.466 e. The molecule has 1 fully saturated rings. The number of carbonyl (C=O) groups excluding carboxylic acids is 2. The lowest BCUT2D eigenvalue weighted by Crippen LogP contribution is -2.63. The van der Waals surface area contributed by atoms with Crippen LogP contribution in [0.3, 0.4) is 0 Å². The number of alkyl halides is 7. The average Bonchev–Trinajstić information content (AvgIpc) is 3.01. The van der Waals surface area contributed by atoms with E-state index in [0.29, 0.717) is 34.8 Å². The first-order valence-corrected chi connectivity index (χ1v) is 17.5. The van der Waals surface area contributed by atoms with Crippen LogP contribution in [0.5, 0.6) is 0 Å². The van der Waals surface area contributed by atoms with Gasteiger partial charge in [-0.1, -0.05) is 32.0 Å². The number of pyridine rings is 1. The quantitative estimate of drug-likeness (QED) is 0.166. The molecule has 2 aromatic rings. The molecule has 4 rings (SSSR count). The van der Waals surface area contributed by atoms with E-state index in [1.54, 1.807) is 45.9 Å². The van der Waals surface area contributed by atoms with Gasteiger partial charge in [-0.2, -0.15) is 26.3 Å². The van der Waals surface area contributed by atoms with Gasteiger partial charge in [-0.25, -0.2) is 8.78 Å². The van der Waals surface area contributed by atoms with E-state index in [9.17, 15) is 27.6 Å². The third-order valence-electron chi connectivity index (χ3n) is 9.98. The average molecular weight is 760 g/mol. The van der Waals surface area contributed by atoms with Crippen LogP contribution < -0.4 is 10.9 Å². The number of rotatable bonds is 13. The van der Waals surface area contributed by atoms with Crippen LogP contribution >= 0.6 is 0 Å². The van der Waals surface area contributed by atoms with Crippen LogP contribution in [0.2, 0.25) is 0 Å². The SMILES string of the molecule is CCOC(=O)C[C@H](NC(=O)C(CC(C)C)n1cc(CCN2CCC2)c(C(F)(F)F)cc1=O)C1(C(F)(F)F)C(F)=C(C)C=C(c2c(C)cccc2C)C1F. The molecule has 3 unspecified atom stereocenters. The van der Waals surface area contributed by atoms with Gasteiger partial charge < -0.3 is 19.5 Å². The highest BCUT2D eigenvalue weighted by molar-refractivity contribution is 5.83. The summed E-state index contributed by atoms with van der Waals surface area (Å²) in [6.07, 6.45) is -12.9. The van der Waals surface area contributed by atoms with E-state index in [1.807, 2.05) is 4.90 Å². The van der Waals surface area contributed by atoms with Crippen LogP contribution in [0.25, 0.3) is 5.57 Å². The van der Waals surface area contributed by atoms with Crippen LogP contribution in [0.15, 0.2) is 52.7 Å². The first kappa shape index (κ1) is 41.7. The smallest absolute Gasteiger partial charge is 0.416 e. The van der Waals surface area contributed by atoms with E-state index >= 15 is 22.0 Å². The summed E-state index contributed by atoms with van der Waals surface area (Å²) in [5.74, 6) is -5.08. The molecule has 0 saturated carbocycles. The number of nitrogens with zero attached hydrogens (tertiary/aromatic N) is 2. The first-order valence-electron chi connectivity index (χ1n) is 17.5. The van der Waals surface area contributed by atoms with Gasteiger partial charge in [0.05, 0.1) is 24.6 Å². The number of nitrogens with one attached hydrogen (secondary N) is 1. The van der Waals surface area contributed by atoms with Crippen LogP contribution in [-0.2, 0) is 26.9 Å². The number of ether oxygens (including phenoxy) is 1. The van der Waals surface area contributed by atoms with E-state index in [-0.39, 0.29) is 37.1 Å². The van der Waals surface area contributed by atoms with Gasteiger partial charge in [0.25, 0.3) is 5.56 Å². The second kappa shape index (κ2) is 16.2. The molecule has 1 aliphatic heterocycles. The fraction of sp³-hybridized carbons (Fsp3) is 0.553. The monoisotopic (exact) mass is 759 g/mol. The summed E-state index contributed by atoms with van der Waals surface area (Å²) in [5, 5.41) is 2.08. The molecule has 1 aromatic heterocycles. The molecule has 0 bridgehead atoms. The molecule has 1 amide bonds. The lowest BCUT2D eigenvalue weighted by Gasteiger charge is -2.46. The van der Waals surface area contributed by atoms with Gasteiger partial charge in [0.1, 0.15) is 18.0 Å². The zero-order chi connectivity index (χ0) is 39.6. The minimum atomic E-state index is -5.78. The van der Waals surface area contributed by atoms with Crippen molar-refractivity contribution in [2.45, 2.75) is 97.8 Å². The number of likely N-dealkylation sites (tertiary alicyclic amines) is 1. The third kappa shape index (κ3) is 8.54. The molecule has 1 N–H and O–H groups in total. The van der Waals surface area contributed by atoms with Crippen molar-refractivity contribution >= 4 is 17.4 Å². The van der Waals surface area contributed by atoms with Crippen molar-refractivity contribution in [1.82, 2.24) is 14.8 Å². The molecule has 292 valence electrons. The molecular formula is C38H45F8N3O4. The molecule has 15 heteroatoms. The lowest BCUT2D eigenvalue weighted by molar-refractivity contribution is -0.240. The number of hydrogen-bond donors (Lipinski definition) is 1. The van der Waals surface area contributed by atoms with Crippen molar-refractivity contribution in [1.29, 1.82) is 0 Å². The number of amides is 1. The number of aryl methyl sites for hydroxylation is 2. The van der Waals surface area contributed by atoms with Crippen molar-refractivity contribution in [3.8, 4) is 0 Å². The van der Waals surface area contributed by atoms with Crippen molar-refractivity contribution in [3.05, 3.63) is 86.1 Å². The Labute approximate surface area is 303 Å². The number of esters is 1. The molecule has 0 spiro atoms. The number of carbonyl (C=O) groups is 2. The molecule has 4 atom stereocenters. The molecule has 53 heavy (non-hydrogen) atoms. The van der Waals surface area contributed by atoms with Gasteiger partial charge in [0, 0.05) is 18.8 Å². The lowest BCUT2D eigenvalue weighted by atomic mass is 9.65. The summed E-state index contributed by atoms with van der Waals surface area (Å²) >= 11 is 0. The number of halogens is 8. The maximum Gasteiger partial charge on any atom is 0.416 e. The molecule has 1 aliphatic carbocycles. The maximum absolute atomic E-state index is 17.1. The fourth-order valence-corrected chi connectivity index (χ4v) is 7.27. The summed E-state index contributed by atoms with van der Waals surface area (Å²) in [5.41, 5.74) is -7.21. The standard InChI is InChI=1S/C38H45F8N3O4/c1-7-53-31(51)19-29(36(38(44,45)46)33(39)24(6)17-26(34(36)40)32-22(4)10-8-11-23(32)5)47-35(52)28(16-21(2)3)49-20-25(12-15-48-13-9-14-48)27(18-30(49)50)37(41,42)43/h8,10-11,17-18,20-21,28-29,34H,7,9,12-16,19H2,1-6H3,(H,47,52)/t28?,29-,34?,36?/m0/s1. The Bertz CT molecular complexity index is 1790. The van der Waals surface area contributed by atoms with Crippen LogP contribution in [-0.4, -0.2) is 66.0 Å². The Morgan fingerprint density at radius 2 is 1.68 bits per heavy atom. The fourth-order valence-electron chi connectivity index (χ4n) is 7.27. The zero-order valence-corrected chi connectivity index (χ0v) is 30.5. The van der Waals surface area contributed by atoms with E-state index in [4.69, 9.17) is 4.74 Å². The van der Waals surface area contributed by atoms with Crippen molar-refractivity contribution in [2.24, 2.45) is 11.3 Å². The second-order valence-electron chi connectivity index (χ2n) is 14.2. The van der Waals surface area contributed by atoms with E-state index < -0.39 is 88.3 Å². The number of aromatic nitrogens is 1. The van der Waals surface area contributed by atoms with Gasteiger partial charge >= 0.3 is 18.3 Å². The topological polar surface area (TPSA) is 80.6 Å². The third-order valence-corrected chi connectivity index (χ3v) is 9.98. The van der Waals surface area contributed by atoms with Gasteiger partial charge in [0.15, 0.2) is 5.41 Å². The van der Waals surface area contributed by atoms with Gasteiger partial charge in [-0.15, -0.1) is 0 Å². The van der Waals surface area contributed by atoms with Gasteiger partial charge in [0.2, 0.25) is 5.91 Å². The Hall–Kier alpha value is -4.01. The Morgan fingerprint density at radius 3 is 2.19 bits per heavy atom. The molecule has 2 heterocycles.